The van der Waals surface area contributed by atoms with Crippen molar-refractivity contribution in [2.24, 2.45) is 0 Å². The summed E-state index contributed by atoms with van der Waals surface area (Å²) in [6.45, 7) is 0. The molecule has 54 heavy (non-hydrogen) atoms. The molecule has 252 valence electrons. The molecule has 2 aliphatic rings. The first-order valence-corrected chi connectivity index (χ1v) is 18.5. The summed E-state index contributed by atoms with van der Waals surface area (Å²) in [6, 6.07) is 67.6. The second kappa shape index (κ2) is 11.0. The Kier molecular flexibility index (Phi) is 5.98. The van der Waals surface area contributed by atoms with Crippen molar-refractivity contribution in [3.8, 4) is 33.6 Å². The van der Waals surface area contributed by atoms with E-state index in [-0.39, 0.29) is 0 Å². The highest BCUT2D eigenvalue weighted by Crippen LogP contribution is 2.67. The molecule has 0 amide bonds. The fourth-order valence-electron chi connectivity index (χ4n) is 9.53. The van der Waals surface area contributed by atoms with Crippen LogP contribution in [0.1, 0.15) is 22.3 Å². The van der Waals surface area contributed by atoms with Gasteiger partial charge in [-0.1, -0.05) is 140 Å². The van der Waals surface area contributed by atoms with Gasteiger partial charge in [0.2, 0.25) is 0 Å². The Hall–Kier alpha value is -7.10. The van der Waals surface area contributed by atoms with E-state index in [1.165, 1.54) is 44.5 Å². The van der Waals surface area contributed by atoms with Crippen molar-refractivity contribution in [3.63, 3.8) is 0 Å². The van der Waals surface area contributed by atoms with Crippen LogP contribution in [0.5, 0.6) is 0 Å². The van der Waals surface area contributed by atoms with Gasteiger partial charge in [-0.15, -0.1) is 0 Å². The summed E-state index contributed by atoms with van der Waals surface area (Å²) in [4.78, 5) is 2.44. The highest BCUT2D eigenvalue weighted by Gasteiger charge is 2.56. The van der Waals surface area contributed by atoms with E-state index in [1.807, 2.05) is 12.1 Å². The van der Waals surface area contributed by atoms with Gasteiger partial charge in [-0.2, -0.15) is 0 Å². The van der Waals surface area contributed by atoms with Gasteiger partial charge in [-0.3, -0.25) is 0 Å². The van der Waals surface area contributed by atoms with Gasteiger partial charge < -0.3 is 13.7 Å². The quantitative estimate of drug-likeness (QED) is 0.184. The molecule has 2 heterocycles. The van der Waals surface area contributed by atoms with Gasteiger partial charge in [0.1, 0.15) is 22.5 Å². The molecule has 0 atom stereocenters. The molecule has 0 saturated heterocycles. The van der Waals surface area contributed by atoms with Gasteiger partial charge in [0, 0.05) is 44.2 Å². The molecule has 3 nitrogen and oxygen atoms in total. The average Bonchev–Trinajstić information content (AvgIpc) is 3.97. The second-order valence-corrected chi connectivity index (χ2v) is 14.4. The minimum absolute atomic E-state index is 0.615. The predicted molar refractivity (Wildman–Crippen MR) is 220 cm³/mol. The molecule has 0 aliphatic heterocycles. The number of fused-ring (bicyclic) bond motifs is 15. The maximum atomic E-state index is 6.93. The Labute approximate surface area is 312 Å². The third-order valence-corrected chi connectivity index (χ3v) is 11.7. The van der Waals surface area contributed by atoms with Crippen LogP contribution < -0.4 is 4.90 Å². The summed E-state index contributed by atoms with van der Waals surface area (Å²) >= 11 is 0. The number of para-hydroxylation sites is 2. The smallest absolute Gasteiger partial charge is 0.140 e. The molecule has 3 heteroatoms. The van der Waals surface area contributed by atoms with Crippen molar-refractivity contribution in [2.75, 3.05) is 4.90 Å². The number of nitrogens with zero attached hydrogens (tertiary/aromatic N) is 1. The summed E-state index contributed by atoms with van der Waals surface area (Å²) in [6.07, 6.45) is 0. The minimum atomic E-state index is -0.615. The summed E-state index contributed by atoms with van der Waals surface area (Å²) in [5, 5.41) is 3.34. The summed E-state index contributed by atoms with van der Waals surface area (Å²) in [5.74, 6) is 0.940. The first kappa shape index (κ1) is 29.5. The van der Waals surface area contributed by atoms with Crippen LogP contribution in [0.25, 0.3) is 66.5 Å². The number of benzene rings is 8. The van der Waals surface area contributed by atoms with Gasteiger partial charge in [0.15, 0.2) is 0 Å². The number of hydrogen-bond acceptors (Lipinski definition) is 3. The highest BCUT2D eigenvalue weighted by molar-refractivity contribution is 6.08. The highest BCUT2D eigenvalue weighted by atomic mass is 16.3. The maximum absolute atomic E-state index is 6.93. The van der Waals surface area contributed by atoms with Crippen LogP contribution in [0.15, 0.2) is 197 Å². The molecule has 10 aromatic rings. The van der Waals surface area contributed by atoms with Gasteiger partial charge >= 0.3 is 0 Å². The second-order valence-electron chi connectivity index (χ2n) is 14.4. The molecular formula is C51H31NO2. The molecule has 0 unspecified atom stereocenters. The Morgan fingerprint density at radius 2 is 0.944 bits per heavy atom. The number of rotatable bonds is 4. The molecule has 2 aliphatic carbocycles. The first-order valence-electron chi connectivity index (χ1n) is 18.5. The zero-order valence-electron chi connectivity index (χ0n) is 29.2. The van der Waals surface area contributed by atoms with Crippen molar-refractivity contribution < 1.29 is 8.83 Å². The molecule has 0 N–H and O–H groups in total. The largest absolute Gasteiger partial charge is 0.456 e. The third kappa shape index (κ3) is 3.85. The van der Waals surface area contributed by atoms with E-state index in [0.717, 1.165) is 61.3 Å². The van der Waals surface area contributed by atoms with Crippen LogP contribution in [-0.2, 0) is 5.41 Å². The van der Waals surface area contributed by atoms with E-state index in [2.05, 4.69) is 181 Å². The van der Waals surface area contributed by atoms with Crippen LogP contribution in [-0.4, -0.2) is 0 Å². The molecule has 12 rings (SSSR count). The lowest BCUT2D eigenvalue weighted by atomic mass is 9.69. The molecular weight excluding hydrogens is 659 g/mol. The van der Waals surface area contributed by atoms with Crippen molar-refractivity contribution in [1.29, 1.82) is 0 Å². The van der Waals surface area contributed by atoms with Crippen molar-refractivity contribution in [3.05, 3.63) is 210 Å². The van der Waals surface area contributed by atoms with E-state index < -0.39 is 5.41 Å². The van der Waals surface area contributed by atoms with E-state index in [4.69, 9.17) is 8.83 Å². The fourth-order valence-corrected chi connectivity index (χ4v) is 9.53. The average molecular weight is 690 g/mol. The lowest BCUT2D eigenvalue weighted by Gasteiger charge is -2.35. The number of furan rings is 2. The van der Waals surface area contributed by atoms with Gasteiger partial charge in [0.25, 0.3) is 0 Å². The van der Waals surface area contributed by atoms with Crippen LogP contribution >= 0.6 is 0 Å². The summed E-state index contributed by atoms with van der Waals surface area (Å²) in [7, 11) is 0. The topological polar surface area (TPSA) is 29.5 Å². The Morgan fingerprint density at radius 1 is 0.370 bits per heavy atom. The summed E-state index contributed by atoms with van der Waals surface area (Å²) < 4.78 is 13.3. The Morgan fingerprint density at radius 3 is 1.70 bits per heavy atom. The molecule has 2 aromatic heterocycles. The van der Waals surface area contributed by atoms with Crippen molar-refractivity contribution >= 4 is 50.0 Å². The van der Waals surface area contributed by atoms with Gasteiger partial charge in [-0.05, 0) is 81.9 Å². The molecule has 1 spiro atoms. The SMILES string of the molecule is c1ccc(-c2ccc(N(c3ccc4oc5ccccc5c4c3)c3cccc4c3C3(c5ccccc5-c5ccccc53)c3c-4oc4ccccc34)cc2)cc1. The van der Waals surface area contributed by atoms with E-state index in [9.17, 15) is 0 Å². The van der Waals surface area contributed by atoms with E-state index >= 15 is 0 Å². The molecule has 0 bridgehead atoms. The van der Waals surface area contributed by atoms with Crippen LogP contribution in [0.2, 0.25) is 0 Å². The summed E-state index contributed by atoms with van der Waals surface area (Å²) in [5.41, 5.74) is 16.3. The third-order valence-electron chi connectivity index (χ3n) is 11.7. The lowest BCUT2D eigenvalue weighted by Crippen LogP contribution is -2.28. The molecule has 0 saturated carbocycles. The van der Waals surface area contributed by atoms with Gasteiger partial charge in [-0.25, -0.2) is 0 Å². The Bertz CT molecular complexity index is 3070. The van der Waals surface area contributed by atoms with Crippen LogP contribution in [0, 0.1) is 0 Å². The standard InChI is InChI=1S/C51H31NO2/c1-2-13-32(14-3-1)33-25-27-34(28-26-33)52(35-29-30-47-41(31-35)38-17-6-10-23-45(38)53-47)44-22-12-19-40-48(44)51(49-39-18-7-11-24-46(39)54-50(40)49)42-20-8-4-15-36(42)37-16-5-9-21-43(37)51/h1-31H. The zero-order chi connectivity index (χ0) is 35.4. The van der Waals surface area contributed by atoms with Crippen molar-refractivity contribution in [2.45, 2.75) is 5.41 Å². The maximum Gasteiger partial charge on any atom is 0.140 e. The van der Waals surface area contributed by atoms with E-state index in [1.54, 1.807) is 0 Å². The fraction of sp³-hybridized carbons (Fsp3) is 0.0196. The van der Waals surface area contributed by atoms with Gasteiger partial charge in [0.05, 0.1) is 11.1 Å². The predicted octanol–water partition coefficient (Wildman–Crippen LogP) is 13.8. The van der Waals surface area contributed by atoms with Crippen LogP contribution in [0.4, 0.5) is 17.1 Å². The Balaban J connectivity index is 1.19. The number of hydrogen-bond donors (Lipinski definition) is 0. The van der Waals surface area contributed by atoms with Crippen LogP contribution in [0.3, 0.4) is 0 Å². The lowest BCUT2D eigenvalue weighted by molar-refractivity contribution is 0.628. The monoisotopic (exact) mass is 689 g/mol. The number of anilines is 3. The van der Waals surface area contributed by atoms with E-state index in [0.29, 0.717) is 0 Å². The molecule has 8 aromatic carbocycles. The first-order chi connectivity index (χ1) is 26.8. The zero-order valence-corrected chi connectivity index (χ0v) is 29.2. The molecule has 0 radical (unpaired) electrons. The molecule has 0 fully saturated rings. The minimum Gasteiger partial charge on any atom is -0.456 e. The van der Waals surface area contributed by atoms with Crippen molar-refractivity contribution in [1.82, 2.24) is 0 Å². The normalized spacial score (nSPS) is 13.3.